The summed E-state index contributed by atoms with van der Waals surface area (Å²) in [5.74, 6) is 0. The Bertz CT molecular complexity index is 395. The number of halogens is 1. The molecule has 1 atom stereocenters. The quantitative estimate of drug-likeness (QED) is 0.922. The van der Waals surface area contributed by atoms with Gasteiger partial charge in [0.15, 0.2) is 0 Å². The van der Waals surface area contributed by atoms with Gasteiger partial charge in [-0.25, -0.2) is 0 Å². The van der Waals surface area contributed by atoms with Crippen LogP contribution in [0, 0.1) is 6.92 Å². The summed E-state index contributed by atoms with van der Waals surface area (Å²) in [7, 11) is 1.97. The minimum Gasteiger partial charge on any atom is -0.374 e. The fourth-order valence-corrected chi connectivity index (χ4v) is 2.69. The summed E-state index contributed by atoms with van der Waals surface area (Å²) < 4.78 is 6.91. The third-order valence-electron chi connectivity index (χ3n) is 3.30. The highest BCUT2D eigenvalue weighted by molar-refractivity contribution is 9.10. The third kappa shape index (κ3) is 3.79. The zero-order valence-electron chi connectivity index (χ0n) is 11.1. The highest BCUT2D eigenvalue weighted by Crippen LogP contribution is 2.19. The molecule has 2 rings (SSSR count). The first-order valence-electron chi connectivity index (χ1n) is 6.42. The van der Waals surface area contributed by atoms with Gasteiger partial charge in [-0.2, -0.15) is 0 Å². The van der Waals surface area contributed by atoms with E-state index in [4.69, 9.17) is 4.74 Å². The van der Waals surface area contributed by atoms with E-state index in [1.807, 2.05) is 7.05 Å². The first kappa shape index (κ1) is 14.0. The number of benzene rings is 1. The highest BCUT2D eigenvalue weighted by Gasteiger charge is 2.19. The van der Waals surface area contributed by atoms with Crippen LogP contribution < -0.4 is 5.32 Å². The molecule has 3 nitrogen and oxygen atoms in total. The normalized spacial score (nSPS) is 21.2. The SMILES string of the molecule is CNCC1CN(Cc2ccc(C)c(Br)c2)CCO1. The summed E-state index contributed by atoms with van der Waals surface area (Å²) in [6, 6.07) is 6.60. The molecule has 0 bridgehead atoms. The lowest BCUT2D eigenvalue weighted by Crippen LogP contribution is -2.45. The molecular weight excluding hydrogens is 292 g/mol. The number of nitrogens with zero attached hydrogens (tertiary/aromatic N) is 1. The largest absolute Gasteiger partial charge is 0.374 e. The van der Waals surface area contributed by atoms with Crippen molar-refractivity contribution >= 4 is 15.9 Å². The standard InChI is InChI=1S/C14H21BrN2O/c1-11-3-4-12(7-14(11)15)9-17-5-6-18-13(10-17)8-16-2/h3-4,7,13,16H,5-6,8-10H2,1-2H3. The van der Waals surface area contributed by atoms with Crippen molar-refractivity contribution in [2.45, 2.75) is 19.6 Å². The molecule has 0 aromatic heterocycles. The van der Waals surface area contributed by atoms with Crippen LogP contribution in [0.15, 0.2) is 22.7 Å². The number of nitrogens with one attached hydrogen (secondary N) is 1. The Labute approximate surface area is 118 Å². The molecule has 0 spiro atoms. The van der Waals surface area contributed by atoms with Crippen molar-refractivity contribution in [3.05, 3.63) is 33.8 Å². The van der Waals surface area contributed by atoms with Crippen LogP contribution in [-0.4, -0.2) is 44.3 Å². The molecule has 1 aliphatic heterocycles. The second-order valence-electron chi connectivity index (χ2n) is 4.87. The van der Waals surface area contributed by atoms with E-state index in [-0.39, 0.29) is 0 Å². The molecule has 1 aromatic rings. The Hall–Kier alpha value is -0.420. The Kier molecular flexibility index (Phi) is 5.18. The highest BCUT2D eigenvalue weighted by atomic mass is 79.9. The number of hydrogen-bond donors (Lipinski definition) is 1. The summed E-state index contributed by atoms with van der Waals surface area (Å²) in [5.41, 5.74) is 2.64. The molecule has 1 unspecified atom stereocenters. The maximum Gasteiger partial charge on any atom is 0.0826 e. The minimum absolute atomic E-state index is 0.317. The first-order valence-corrected chi connectivity index (χ1v) is 7.22. The maximum atomic E-state index is 5.72. The fraction of sp³-hybridized carbons (Fsp3) is 0.571. The van der Waals surface area contributed by atoms with E-state index in [0.717, 1.165) is 32.8 Å². The van der Waals surface area contributed by atoms with Gasteiger partial charge in [0, 0.05) is 30.7 Å². The second kappa shape index (κ2) is 6.66. The van der Waals surface area contributed by atoms with Crippen molar-refractivity contribution < 1.29 is 4.74 Å². The molecule has 1 heterocycles. The van der Waals surface area contributed by atoms with Crippen molar-refractivity contribution in [1.29, 1.82) is 0 Å². The average molecular weight is 313 g/mol. The van der Waals surface area contributed by atoms with Gasteiger partial charge in [-0.05, 0) is 31.2 Å². The Morgan fingerprint density at radius 3 is 3.06 bits per heavy atom. The van der Waals surface area contributed by atoms with Crippen LogP contribution in [0.25, 0.3) is 0 Å². The second-order valence-corrected chi connectivity index (χ2v) is 5.72. The van der Waals surface area contributed by atoms with Crippen LogP contribution in [0.2, 0.25) is 0 Å². The zero-order chi connectivity index (χ0) is 13.0. The lowest BCUT2D eigenvalue weighted by atomic mass is 10.1. The van der Waals surface area contributed by atoms with Gasteiger partial charge in [-0.15, -0.1) is 0 Å². The lowest BCUT2D eigenvalue weighted by Gasteiger charge is -2.32. The van der Waals surface area contributed by atoms with Gasteiger partial charge in [0.2, 0.25) is 0 Å². The van der Waals surface area contributed by atoms with E-state index in [9.17, 15) is 0 Å². The topological polar surface area (TPSA) is 24.5 Å². The van der Waals surface area contributed by atoms with E-state index in [1.54, 1.807) is 0 Å². The zero-order valence-corrected chi connectivity index (χ0v) is 12.7. The molecule has 0 amide bonds. The number of hydrogen-bond acceptors (Lipinski definition) is 3. The van der Waals surface area contributed by atoms with Crippen LogP contribution in [-0.2, 0) is 11.3 Å². The van der Waals surface area contributed by atoms with Crippen molar-refractivity contribution in [2.75, 3.05) is 33.3 Å². The molecule has 1 aliphatic rings. The van der Waals surface area contributed by atoms with E-state index in [2.05, 4.69) is 51.3 Å². The average Bonchev–Trinajstić information content (AvgIpc) is 2.35. The van der Waals surface area contributed by atoms with Crippen LogP contribution in [0.1, 0.15) is 11.1 Å². The minimum atomic E-state index is 0.317. The summed E-state index contributed by atoms with van der Waals surface area (Å²) in [6.07, 6.45) is 0.317. The van der Waals surface area contributed by atoms with Crippen LogP contribution in [0.5, 0.6) is 0 Å². The van der Waals surface area contributed by atoms with Gasteiger partial charge in [0.25, 0.3) is 0 Å². The molecule has 0 saturated carbocycles. The van der Waals surface area contributed by atoms with Gasteiger partial charge >= 0.3 is 0 Å². The Morgan fingerprint density at radius 1 is 1.50 bits per heavy atom. The molecule has 1 aromatic carbocycles. The van der Waals surface area contributed by atoms with Gasteiger partial charge in [-0.3, -0.25) is 4.90 Å². The third-order valence-corrected chi connectivity index (χ3v) is 4.15. The summed E-state index contributed by atoms with van der Waals surface area (Å²) >= 11 is 3.59. The molecule has 1 fully saturated rings. The van der Waals surface area contributed by atoms with E-state index in [1.165, 1.54) is 15.6 Å². The predicted octanol–water partition coefficient (Wildman–Crippen LogP) is 2.18. The van der Waals surface area contributed by atoms with Crippen LogP contribution >= 0.6 is 15.9 Å². The number of morpholine rings is 1. The molecule has 1 saturated heterocycles. The first-order chi connectivity index (χ1) is 8.69. The van der Waals surface area contributed by atoms with Gasteiger partial charge in [0.1, 0.15) is 0 Å². The van der Waals surface area contributed by atoms with Gasteiger partial charge in [-0.1, -0.05) is 28.1 Å². The monoisotopic (exact) mass is 312 g/mol. The van der Waals surface area contributed by atoms with Crippen molar-refractivity contribution in [3.63, 3.8) is 0 Å². The molecule has 0 radical (unpaired) electrons. The summed E-state index contributed by atoms with van der Waals surface area (Å²) in [4.78, 5) is 2.46. The summed E-state index contributed by atoms with van der Waals surface area (Å²) in [5, 5.41) is 3.18. The number of rotatable bonds is 4. The molecule has 18 heavy (non-hydrogen) atoms. The predicted molar refractivity (Wildman–Crippen MR) is 77.8 cm³/mol. The van der Waals surface area contributed by atoms with Crippen LogP contribution in [0.4, 0.5) is 0 Å². The van der Waals surface area contributed by atoms with Crippen LogP contribution in [0.3, 0.4) is 0 Å². The molecule has 1 N–H and O–H groups in total. The Morgan fingerprint density at radius 2 is 2.33 bits per heavy atom. The summed E-state index contributed by atoms with van der Waals surface area (Å²) in [6.45, 7) is 6.90. The Balaban J connectivity index is 1.93. The van der Waals surface area contributed by atoms with E-state index < -0.39 is 0 Å². The smallest absolute Gasteiger partial charge is 0.0826 e. The van der Waals surface area contributed by atoms with Gasteiger partial charge < -0.3 is 10.1 Å². The van der Waals surface area contributed by atoms with E-state index in [0.29, 0.717) is 6.10 Å². The van der Waals surface area contributed by atoms with Crippen molar-refractivity contribution in [1.82, 2.24) is 10.2 Å². The molecule has 100 valence electrons. The fourth-order valence-electron chi connectivity index (χ4n) is 2.27. The van der Waals surface area contributed by atoms with Crippen molar-refractivity contribution in [2.24, 2.45) is 0 Å². The molecule has 4 heteroatoms. The number of aryl methyl sites for hydroxylation is 1. The molecule has 0 aliphatic carbocycles. The van der Waals surface area contributed by atoms with Gasteiger partial charge in [0.05, 0.1) is 12.7 Å². The van der Waals surface area contributed by atoms with E-state index >= 15 is 0 Å². The lowest BCUT2D eigenvalue weighted by molar-refractivity contribution is -0.0291. The number of likely N-dealkylation sites (N-methyl/N-ethyl adjacent to an activating group) is 1. The maximum absolute atomic E-state index is 5.72. The van der Waals surface area contributed by atoms with Crippen molar-refractivity contribution in [3.8, 4) is 0 Å². The molecular formula is C14H21BrN2O. The number of ether oxygens (including phenoxy) is 1.